The lowest BCUT2D eigenvalue weighted by molar-refractivity contribution is -0.131. The van der Waals surface area contributed by atoms with Crippen LogP contribution in [0.3, 0.4) is 0 Å². The lowest BCUT2D eigenvalue weighted by Crippen LogP contribution is -2.46. The summed E-state index contributed by atoms with van der Waals surface area (Å²) in [6.45, 7) is 3.34. The maximum atomic E-state index is 12.2. The molecule has 0 saturated carbocycles. The molecule has 0 unspecified atom stereocenters. The molecule has 0 radical (unpaired) electrons. The van der Waals surface area contributed by atoms with Crippen LogP contribution in [0.1, 0.15) is 5.69 Å². The Hall–Kier alpha value is -1.79. The fourth-order valence-corrected chi connectivity index (χ4v) is 3.00. The highest BCUT2D eigenvalue weighted by atomic mass is 32.1. The maximum absolute atomic E-state index is 12.2. The molecule has 3 heterocycles. The molecule has 0 aromatic carbocycles. The van der Waals surface area contributed by atoms with Gasteiger partial charge >= 0.3 is 0 Å². The van der Waals surface area contributed by atoms with Gasteiger partial charge in [-0.3, -0.25) is 9.78 Å². The van der Waals surface area contributed by atoms with Gasteiger partial charge in [0.05, 0.1) is 12.1 Å². The monoisotopic (exact) mass is 288 g/mol. The predicted octanol–water partition coefficient (Wildman–Crippen LogP) is 1.18. The summed E-state index contributed by atoms with van der Waals surface area (Å²) in [5.41, 5.74) is 1.84. The first kappa shape index (κ1) is 13.2. The van der Waals surface area contributed by atoms with Gasteiger partial charge in [0, 0.05) is 49.5 Å². The van der Waals surface area contributed by atoms with Crippen LogP contribution >= 0.6 is 11.3 Å². The van der Waals surface area contributed by atoms with Gasteiger partial charge in [0.25, 0.3) is 0 Å². The van der Waals surface area contributed by atoms with Crippen LogP contribution in [0.4, 0.5) is 0 Å². The van der Waals surface area contributed by atoms with Crippen LogP contribution in [-0.4, -0.2) is 47.0 Å². The van der Waals surface area contributed by atoms with Crippen LogP contribution in [-0.2, 0) is 11.2 Å². The van der Waals surface area contributed by atoms with Crippen LogP contribution in [0.5, 0.6) is 0 Å². The van der Waals surface area contributed by atoms with Crippen molar-refractivity contribution in [3.63, 3.8) is 0 Å². The molecule has 3 rings (SSSR count). The van der Waals surface area contributed by atoms with E-state index in [-0.39, 0.29) is 5.91 Å². The molecule has 1 fully saturated rings. The van der Waals surface area contributed by atoms with Crippen molar-refractivity contribution in [3.05, 3.63) is 35.6 Å². The third kappa shape index (κ3) is 3.02. The number of piperazine rings is 1. The van der Waals surface area contributed by atoms with Gasteiger partial charge in [0.2, 0.25) is 5.91 Å². The summed E-state index contributed by atoms with van der Waals surface area (Å²) < 4.78 is 0. The van der Waals surface area contributed by atoms with Crippen LogP contribution in [0.2, 0.25) is 0 Å². The predicted molar refractivity (Wildman–Crippen MR) is 78.5 cm³/mol. The zero-order valence-corrected chi connectivity index (χ0v) is 11.9. The number of hydrogen-bond donors (Lipinski definition) is 1. The number of amides is 1. The number of thiazole rings is 1. The van der Waals surface area contributed by atoms with E-state index in [1.165, 1.54) is 0 Å². The third-order valence-corrected chi connectivity index (χ3v) is 4.20. The van der Waals surface area contributed by atoms with Gasteiger partial charge in [-0.05, 0) is 12.1 Å². The molecule has 1 aliphatic heterocycles. The minimum atomic E-state index is 0.162. The van der Waals surface area contributed by atoms with Crippen molar-refractivity contribution in [1.82, 2.24) is 20.2 Å². The Morgan fingerprint density at radius 1 is 1.40 bits per heavy atom. The number of aromatic nitrogens is 2. The van der Waals surface area contributed by atoms with Crippen LogP contribution in [0.15, 0.2) is 29.9 Å². The largest absolute Gasteiger partial charge is 0.340 e. The van der Waals surface area contributed by atoms with Crippen molar-refractivity contribution < 1.29 is 4.79 Å². The molecule has 1 N–H and O–H groups in total. The second-order valence-electron chi connectivity index (χ2n) is 4.69. The van der Waals surface area contributed by atoms with Crippen LogP contribution in [0.25, 0.3) is 10.6 Å². The average molecular weight is 288 g/mol. The summed E-state index contributed by atoms with van der Waals surface area (Å²) >= 11 is 1.56. The van der Waals surface area contributed by atoms with Crippen molar-refractivity contribution >= 4 is 17.2 Å². The van der Waals surface area contributed by atoms with E-state index in [1.54, 1.807) is 23.7 Å². The highest BCUT2D eigenvalue weighted by molar-refractivity contribution is 7.13. The van der Waals surface area contributed by atoms with E-state index in [1.807, 2.05) is 22.4 Å². The van der Waals surface area contributed by atoms with Gasteiger partial charge in [0.1, 0.15) is 5.01 Å². The zero-order chi connectivity index (χ0) is 13.8. The lowest BCUT2D eigenvalue weighted by Gasteiger charge is -2.27. The molecule has 1 aliphatic rings. The Bertz CT molecular complexity index is 578. The summed E-state index contributed by atoms with van der Waals surface area (Å²) in [7, 11) is 0. The van der Waals surface area contributed by atoms with Crippen molar-refractivity contribution in [2.75, 3.05) is 26.2 Å². The van der Waals surface area contributed by atoms with E-state index in [4.69, 9.17) is 0 Å². The molecule has 2 aromatic heterocycles. The van der Waals surface area contributed by atoms with E-state index >= 15 is 0 Å². The Morgan fingerprint density at radius 3 is 3.00 bits per heavy atom. The number of pyridine rings is 1. The smallest absolute Gasteiger partial charge is 0.228 e. The highest BCUT2D eigenvalue weighted by Gasteiger charge is 2.17. The molecule has 0 aliphatic carbocycles. The first-order valence-corrected chi connectivity index (χ1v) is 7.54. The second-order valence-corrected chi connectivity index (χ2v) is 5.55. The number of hydrogen-bond acceptors (Lipinski definition) is 5. The summed E-state index contributed by atoms with van der Waals surface area (Å²) in [5, 5.41) is 6.12. The molecule has 0 spiro atoms. The van der Waals surface area contributed by atoms with Gasteiger partial charge in [0.15, 0.2) is 0 Å². The minimum absolute atomic E-state index is 0.162. The standard InChI is InChI=1S/C14H16N4OS/c19-13(18-6-4-15-5-7-18)8-12-10-20-14(17-12)11-2-1-3-16-9-11/h1-3,9-10,15H,4-8H2. The number of nitrogens with one attached hydrogen (secondary N) is 1. The Kier molecular flexibility index (Phi) is 4.03. The number of carbonyl (C=O) groups is 1. The molecular formula is C14H16N4OS. The van der Waals surface area contributed by atoms with Crippen molar-refractivity contribution in [2.45, 2.75) is 6.42 Å². The second kappa shape index (κ2) is 6.11. The molecular weight excluding hydrogens is 272 g/mol. The van der Waals surface area contributed by atoms with Crippen molar-refractivity contribution in [3.8, 4) is 10.6 Å². The molecule has 1 saturated heterocycles. The number of carbonyl (C=O) groups excluding carboxylic acids is 1. The molecule has 2 aromatic rings. The molecule has 1 amide bonds. The van der Waals surface area contributed by atoms with E-state index in [2.05, 4.69) is 15.3 Å². The first-order chi connectivity index (χ1) is 9.83. The van der Waals surface area contributed by atoms with E-state index in [0.29, 0.717) is 6.42 Å². The average Bonchev–Trinajstić information content (AvgIpc) is 2.97. The molecule has 0 atom stereocenters. The maximum Gasteiger partial charge on any atom is 0.228 e. The highest BCUT2D eigenvalue weighted by Crippen LogP contribution is 2.23. The minimum Gasteiger partial charge on any atom is -0.340 e. The van der Waals surface area contributed by atoms with Crippen molar-refractivity contribution in [1.29, 1.82) is 0 Å². The Balaban J connectivity index is 1.66. The fourth-order valence-electron chi connectivity index (χ4n) is 2.19. The van der Waals surface area contributed by atoms with E-state index in [9.17, 15) is 4.79 Å². The molecule has 5 nitrogen and oxygen atoms in total. The topological polar surface area (TPSA) is 58.1 Å². The van der Waals surface area contributed by atoms with E-state index in [0.717, 1.165) is 42.4 Å². The number of nitrogens with zero attached hydrogens (tertiary/aromatic N) is 3. The Labute approximate surface area is 121 Å². The van der Waals surface area contributed by atoms with Gasteiger partial charge < -0.3 is 10.2 Å². The lowest BCUT2D eigenvalue weighted by atomic mass is 10.2. The zero-order valence-electron chi connectivity index (χ0n) is 11.1. The molecule has 0 bridgehead atoms. The van der Waals surface area contributed by atoms with Crippen LogP contribution < -0.4 is 5.32 Å². The normalized spacial score (nSPS) is 15.3. The summed E-state index contributed by atoms with van der Waals surface area (Å²) in [6, 6.07) is 3.87. The van der Waals surface area contributed by atoms with Gasteiger partial charge in [-0.1, -0.05) is 0 Å². The third-order valence-electron chi connectivity index (χ3n) is 3.26. The molecule has 20 heavy (non-hydrogen) atoms. The van der Waals surface area contributed by atoms with Gasteiger partial charge in [-0.25, -0.2) is 4.98 Å². The first-order valence-electron chi connectivity index (χ1n) is 6.66. The van der Waals surface area contributed by atoms with Gasteiger partial charge in [-0.15, -0.1) is 11.3 Å². The SMILES string of the molecule is O=C(Cc1csc(-c2cccnc2)n1)N1CCNCC1. The number of rotatable bonds is 3. The Morgan fingerprint density at radius 2 is 2.25 bits per heavy atom. The summed E-state index contributed by atoms with van der Waals surface area (Å²) in [4.78, 5) is 22.7. The summed E-state index contributed by atoms with van der Waals surface area (Å²) in [5.74, 6) is 0.162. The van der Waals surface area contributed by atoms with E-state index < -0.39 is 0 Å². The van der Waals surface area contributed by atoms with Gasteiger partial charge in [-0.2, -0.15) is 0 Å². The quantitative estimate of drug-likeness (QED) is 0.921. The van der Waals surface area contributed by atoms with Crippen molar-refractivity contribution in [2.24, 2.45) is 0 Å². The fraction of sp³-hybridized carbons (Fsp3) is 0.357. The van der Waals surface area contributed by atoms with Crippen LogP contribution in [0, 0.1) is 0 Å². The summed E-state index contributed by atoms with van der Waals surface area (Å²) in [6.07, 6.45) is 3.92. The molecule has 6 heteroatoms. The molecule has 104 valence electrons.